The minimum Gasteiger partial charge on any atom is -0.481 e. The Bertz CT molecular complexity index is 98.6. The van der Waals surface area contributed by atoms with E-state index in [0.717, 1.165) is 0 Å². The molecule has 0 heterocycles. The van der Waals surface area contributed by atoms with Gasteiger partial charge in [0, 0.05) is 1.37 Å². The van der Waals surface area contributed by atoms with Gasteiger partial charge in [0.15, 0.2) is 0 Å². The summed E-state index contributed by atoms with van der Waals surface area (Å²) in [5.74, 6) is -0.910. The van der Waals surface area contributed by atoms with Gasteiger partial charge in [0.05, 0.1) is 5.41 Å². The van der Waals surface area contributed by atoms with Gasteiger partial charge in [0.2, 0.25) is 0 Å². The Hall–Kier alpha value is -0.530. The van der Waals surface area contributed by atoms with E-state index in [-0.39, 0.29) is 6.90 Å². The van der Waals surface area contributed by atoms with Gasteiger partial charge in [-0.3, -0.25) is 4.79 Å². The van der Waals surface area contributed by atoms with E-state index < -0.39 is 11.4 Å². The number of carbonyl (C=O) groups is 1. The number of aliphatic carboxylic acids is 1. The quantitative estimate of drug-likeness (QED) is 0.498. The van der Waals surface area contributed by atoms with Gasteiger partial charge in [-0.25, -0.2) is 0 Å². The van der Waals surface area contributed by atoms with Crippen molar-refractivity contribution in [3.63, 3.8) is 0 Å². The molecule has 1 N–H and O–H groups in total. The molecule has 0 aromatic heterocycles. The highest BCUT2D eigenvalue weighted by atomic mass is 16.4. The molecule has 0 spiro atoms. The summed E-state index contributed by atoms with van der Waals surface area (Å²) in [6.45, 7) is 2.99. The van der Waals surface area contributed by atoms with Gasteiger partial charge in [-0.2, -0.15) is 0 Å². The third kappa shape index (κ3) is 2.20. The lowest BCUT2D eigenvalue weighted by molar-refractivity contribution is -0.145. The Labute approximate surface area is 44.6 Å². The molecule has 0 bridgehead atoms. The van der Waals surface area contributed by atoms with E-state index in [0.29, 0.717) is 0 Å². The van der Waals surface area contributed by atoms with Crippen molar-refractivity contribution in [1.82, 2.24) is 0 Å². The van der Waals surface area contributed by atoms with Crippen molar-refractivity contribution >= 4 is 5.97 Å². The van der Waals surface area contributed by atoms with Crippen LogP contribution in [0, 0.1) is 5.41 Å². The van der Waals surface area contributed by atoms with Crippen LogP contribution in [0.15, 0.2) is 0 Å². The van der Waals surface area contributed by atoms with Gasteiger partial charge >= 0.3 is 5.97 Å². The van der Waals surface area contributed by atoms with Gasteiger partial charge in [-0.15, -0.1) is 0 Å². The molecule has 0 rings (SSSR count). The predicted molar refractivity (Wildman–Crippen MR) is 27.1 cm³/mol. The monoisotopic (exact) mass is 103 g/mol. The molecule has 0 aliphatic heterocycles. The van der Waals surface area contributed by atoms with Crippen molar-refractivity contribution in [1.29, 1.82) is 0 Å². The Morgan fingerprint density at radius 3 is 2.29 bits per heavy atom. The molecular weight excluding hydrogens is 92.1 g/mol. The van der Waals surface area contributed by atoms with Crippen LogP contribution in [0.5, 0.6) is 0 Å². The molecule has 0 atom stereocenters. The molecule has 0 fully saturated rings. The highest BCUT2D eigenvalue weighted by molar-refractivity contribution is 5.72. The van der Waals surface area contributed by atoms with E-state index in [1.165, 1.54) is 13.8 Å². The van der Waals surface area contributed by atoms with Crippen molar-refractivity contribution in [2.45, 2.75) is 20.7 Å². The molecule has 0 saturated carbocycles. The summed E-state index contributed by atoms with van der Waals surface area (Å²) in [5.41, 5.74) is -0.875. The van der Waals surface area contributed by atoms with Crippen LogP contribution in [0.3, 0.4) is 0 Å². The summed E-state index contributed by atoms with van der Waals surface area (Å²) in [4.78, 5) is 10.1. The summed E-state index contributed by atoms with van der Waals surface area (Å²) in [5, 5.41) is 8.32. The second-order valence-electron chi connectivity index (χ2n) is 2.19. The van der Waals surface area contributed by atoms with E-state index in [1.807, 2.05) is 0 Å². The minimum absolute atomic E-state index is 0.0671. The first-order chi connectivity index (χ1) is 3.50. The SMILES string of the molecule is [2H]CC(C)(C)C(=O)O. The van der Waals surface area contributed by atoms with Crippen molar-refractivity contribution in [2.24, 2.45) is 5.41 Å². The molecule has 0 aliphatic rings. The van der Waals surface area contributed by atoms with Crippen molar-refractivity contribution in [3.8, 4) is 0 Å². The average Bonchev–Trinajstić information content (AvgIpc) is 1.67. The maximum atomic E-state index is 10.1. The fraction of sp³-hybridized carbons (Fsp3) is 0.800. The van der Waals surface area contributed by atoms with Crippen LogP contribution in [0.2, 0.25) is 0 Å². The van der Waals surface area contributed by atoms with Crippen molar-refractivity contribution in [2.75, 3.05) is 0 Å². The average molecular weight is 103 g/mol. The minimum atomic E-state index is -0.910. The topological polar surface area (TPSA) is 37.3 Å². The molecule has 2 nitrogen and oxygen atoms in total. The summed E-state index contributed by atoms with van der Waals surface area (Å²) in [7, 11) is 0. The standard InChI is InChI=1S/C5H10O2/c1-5(2,3)4(6)7/h1-3H3,(H,6,7)/i1D. The van der Waals surface area contributed by atoms with E-state index in [2.05, 4.69) is 0 Å². The van der Waals surface area contributed by atoms with Gasteiger partial charge in [-0.1, -0.05) is 0 Å². The van der Waals surface area contributed by atoms with Gasteiger partial charge in [0.1, 0.15) is 0 Å². The first-order valence-corrected chi connectivity index (χ1v) is 2.03. The summed E-state index contributed by atoms with van der Waals surface area (Å²) >= 11 is 0. The Morgan fingerprint density at radius 2 is 2.29 bits per heavy atom. The molecule has 0 aromatic carbocycles. The third-order valence-electron chi connectivity index (χ3n) is 0.579. The molecule has 42 valence electrons. The zero-order valence-corrected chi connectivity index (χ0v) is 4.56. The normalized spacial score (nSPS) is 13.1. The van der Waals surface area contributed by atoms with Crippen LogP contribution in [-0.4, -0.2) is 11.1 Å². The summed E-state index contributed by atoms with van der Waals surface area (Å²) in [6.07, 6.45) is 0. The molecule has 2 heteroatoms. The van der Waals surface area contributed by atoms with Crippen LogP contribution in [0.25, 0.3) is 0 Å². The van der Waals surface area contributed by atoms with Crippen LogP contribution in [-0.2, 0) is 4.79 Å². The molecule has 0 aliphatic carbocycles. The maximum Gasteiger partial charge on any atom is 0.308 e. The molecule has 0 amide bonds. The maximum absolute atomic E-state index is 10.1. The van der Waals surface area contributed by atoms with Gasteiger partial charge < -0.3 is 5.11 Å². The number of rotatable bonds is 0. The summed E-state index contributed by atoms with van der Waals surface area (Å²) in [6, 6.07) is 0. The fourth-order valence-electron chi connectivity index (χ4n) is 0. The molecule has 0 unspecified atom stereocenters. The number of carboxylic acid groups (broad SMARTS) is 1. The zero-order valence-electron chi connectivity index (χ0n) is 5.56. The van der Waals surface area contributed by atoms with E-state index in [1.54, 1.807) is 0 Å². The highest BCUT2D eigenvalue weighted by Crippen LogP contribution is 2.11. The Morgan fingerprint density at radius 1 is 1.86 bits per heavy atom. The Balaban J connectivity index is 3.91. The largest absolute Gasteiger partial charge is 0.481 e. The smallest absolute Gasteiger partial charge is 0.308 e. The highest BCUT2D eigenvalue weighted by Gasteiger charge is 2.18. The summed E-state index contributed by atoms with van der Waals surface area (Å²) < 4.78 is 6.76. The lowest BCUT2D eigenvalue weighted by atomic mass is 9.98. The molecule has 0 aromatic rings. The Kier molecular flexibility index (Phi) is 1.01. The van der Waals surface area contributed by atoms with Crippen molar-refractivity contribution in [3.05, 3.63) is 0 Å². The second kappa shape index (κ2) is 1.52. The number of carboxylic acids is 1. The molecule has 0 radical (unpaired) electrons. The van der Waals surface area contributed by atoms with Crippen LogP contribution >= 0.6 is 0 Å². The lowest BCUT2D eigenvalue weighted by Crippen LogP contribution is -2.18. The second-order valence-corrected chi connectivity index (χ2v) is 2.19. The van der Waals surface area contributed by atoms with Crippen LogP contribution < -0.4 is 0 Å². The van der Waals surface area contributed by atoms with Crippen LogP contribution in [0.4, 0.5) is 0 Å². The number of hydrogen-bond acceptors (Lipinski definition) is 1. The molecular formula is C5H10O2. The molecule has 7 heavy (non-hydrogen) atoms. The lowest BCUT2D eigenvalue weighted by Gasteiger charge is -2.08. The fourth-order valence-corrected chi connectivity index (χ4v) is 0. The van der Waals surface area contributed by atoms with Crippen LogP contribution in [0.1, 0.15) is 22.1 Å². The predicted octanol–water partition coefficient (Wildman–Crippen LogP) is 1.12. The van der Waals surface area contributed by atoms with Crippen molar-refractivity contribution < 1.29 is 11.3 Å². The first kappa shape index (κ1) is 4.62. The van der Waals surface area contributed by atoms with Gasteiger partial charge in [0.25, 0.3) is 0 Å². The van der Waals surface area contributed by atoms with Gasteiger partial charge in [-0.05, 0) is 20.7 Å². The van der Waals surface area contributed by atoms with E-state index in [4.69, 9.17) is 6.48 Å². The van der Waals surface area contributed by atoms with E-state index in [9.17, 15) is 4.79 Å². The zero-order chi connectivity index (χ0) is 6.78. The molecule has 0 saturated heterocycles. The van der Waals surface area contributed by atoms with E-state index >= 15 is 0 Å². The first-order valence-electron chi connectivity index (χ1n) is 2.74. The number of hydrogen-bond donors (Lipinski definition) is 1. The third-order valence-corrected chi connectivity index (χ3v) is 0.579.